The monoisotopic (exact) mass is 530 g/mol. The smallest absolute Gasteiger partial charge is 0.266 e. The molecule has 4 rings (SSSR count). The minimum absolute atomic E-state index is 0.0589. The Morgan fingerprint density at radius 2 is 1.85 bits per heavy atom. The molecule has 0 saturated carbocycles. The van der Waals surface area contributed by atoms with E-state index in [-0.39, 0.29) is 5.57 Å². The highest BCUT2D eigenvalue weighted by Crippen LogP contribution is 2.29. The highest BCUT2D eigenvalue weighted by atomic mass is 79.9. The summed E-state index contributed by atoms with van der Waals surface area (Å²) < 4.78 is 7.07. The van der Waals surface area contributed by atoms with Gasteiger partial charge in [0.05, 0.1) is 0 Å². The molecule has 34 heavy (non-hydrogen) atoms. The molecule has 4 nitrogen and oxygen atoms in total. The molecule has 0 aliphatic heterocycles. The van der Waals surface area contributed by atoms with Crippen LogP contribution in [-0.2, 0) is 11.4 Å². The van der Waals surface area contributed by atoms with Gasteiger partial charge in [-0.15, -0.1) is 0 Å². The first-order chi connectivity index (χ1) is 16.4. The molecule has 0 saturated heterocycles. The molecule has 1 N–H and O–H groups in total. The molecule has 0 radical (unpaired) electrons. The van der Waals surface area contributed by atoms with Crippen LogP contribution in [0.3, 0.4) is 0 Å². The van der Waals surface area contributed by atoms with Crippen molar-refractivity contribution in [2.75, 3.05) is 5.32 Å². The summed E-state index contributed by atoms with van der Waals surface area (Å²) in [5.74, 6) is 0.0153. The SMILES string of the molecule is Cc1ccc2ccccc2c1COc1ccc(Cl)cc1/C=C(\C#N)C(=O)Nc1ccc(Br)cc1. The molecule has 0 unspecified atom stereocenters. The van der Waals surface area contributed by atoms with Gasteiger partial charge in [-0.2, -0.15) is 5.26 Å². The molecule has 4 aromatic carbocycles. The Bertz CT molecular complexity index is 1440. The summed E-state index contributed by atoms with van der Waals surface area (Å²) in [6.07, 6.45) is 1.49. The van der Waals surface area contributed by atoms with Gasteiger partial charge in [-0.25, -0.2) is 0 Å². The third-order valence-corrected chi connectivity index (χ3v) is 6.15. The van der Waals surface area contributed by atoms with Gasteiger partial charge in [-0.3, -0.25) is 4.79 Å². The summed E-state index contributed by atoms with van der Waals surface area (Å²) in [4.78, 5) is 12.7. The number of nitrogens with one attached hydrogen (secondary N) is 1. The molecule has 0 atom stereocenters. The van der Waals surface area contributed by atoms with Crippen LogP contribution in [-0.4, -0.2) is 5.91 Å². The Morgan fingerprint density at radius 1 is 1.09 bits per heavy atom. The quantitative estimate of drug-likeness (QED) is 0.205. The van der Waals surface area contributed by atoms with E-state index in [2.05, 4.69) is 45.5 Å². The van der Waals surface area contributed by atoms with E-state index >= 15 is 0 Å². The predicted molar refractivity (Wildman–Crippen MR) is 141 cm³/mol. The third kappa shape index (κ3) is 5.48. The normalized spacial score (nSPS) is 11.2. The summed E-state index contributed by atoms with van der Waals surface area (Å²) in [6.45, 7) is 2.39. The largest absolute Gasteiger partial charge is 0.488 e. The fourth-order valence-corrected chi connectivity index (χ4v) is 4.03. The lowest BCUT2D eigenvalue weighted by molar-refractivity contribution is -0.112. The van der Waals surface area contributed by atoms with Gasteiger partial charge in [-0.05, 0) is 71.8 Å². The van der Waals surface area contributed by atoms with Crippen molar-refractivity contribution in [2.24, 2.45) is 0 Å². The lowest BCUT2D eigenvalue weighted by Crippen LogP contribution is -2.13. The van der Waals surface area contributed by atoms with Crippen LogP contribution in [0.2, 0.25) is 5.02 Å². The zero-order valence-electron chi connectivity index (χ0n) is 18.3. The highest BCUT2D eigenvalue weighted by Gasteiger charge is 2.13. The van der Waals surface area contributed by atoms with Crippen LogP contribution < -0.4 is 10.1 Å². The fourth-order valence-electron chi connectivity index (χ4n) is 3.59. The minimum Gasteiger partial charge on any atom is -0.488 e. The van der Waals surface area contributed by atoms with E-state index in [0.29, 0.717) is 28.6 Å². The third-order valence-electron chi connectivity index (χ3n) is 5.39. The van der Waals surface area contributed by atoms with Crippen molar-refractivity contribution in [3.8, 4) is 11.8 Å². The number of nitrogens with zero attached hydrogens (tertiary/aromatic N) is 1. The molecule has 0 fully saturated rings. The maximum Gasteiger partial charge on any atom is 0.266 e. The van der Waals surface area contributed by atoms with Crippen molar-refractivity contribution < 1.29 is 9.53 Å². The second kappa shape index (κ2) is 10.6. The molecule has 0 heterocycles. The number of fused-ring (bicyclic) bond motifs is 1. The van der Waals surface area contributed by atoms with Gasteiger partial charge >= 0.3 is 0 Å². The topological polar surface area (TPSA) is 62.1 Å². The summed E-state index contributed by atoms with van der Waals surface area (Å²) in [7, 11) is 0. The second-order valence-electron chi connectivity index (χ2n) is 7.68. The molecule has 6 heteroatoms. The van der Waals surface area contributed by atoms with Gasteiger partial charge in [0.15, 0.2) is 0 Å². The van der Waals surface area contributed by atoms with Gasteiger partial charge in [-0.1, -0.05) is 63.9 Å². The van der Waals surface area contributed by atoms with Crippen molar-refractivity contribution in [1.82, 2.24) is 0 Å². The molecule has 0 spiro atoms. The number of rotatable bonds is 6. The van der Waals surface area contributed by atoms with Crippen molar-refractivity contribution in [1.29, 1.82) is 5.26 Å². The first kappa shape index (κ1) is 23.6. The molecule has 1 amide bonds. The van der Waals surface area contributed by atoms with Gasteiger partial charge < -0.3 is 10.1 Å². The van der Waals surface area contributed by atoms with E-state index in [1.165, 1.54) is 6.08 Å². The molecule has 0 bridgehead atoms. The molecular formula is C28H20BrClN2O2. The number of aryl methyl sites for hydroxylation is 1. The summed E-state index contributed by atoms with van der Waals surface area (Å²) >= 11 is 9.57. The van der Waals surface area contributed by atoms with Gasteiger partial charge in [0.25, 0.3) is 5.91 Å². The number of benzene rings is 4. The zero-order chi connectivity index (χ0) is 24.1. The Balaban J connectivity index is 1.61. The number of amides is 1. The summed E-state index contributed by atoms with van der Waals surface area (Å²) in [5, 5.41) is 15.1. The number of anilines is 1. The highest BCUT2D eigenvalue weighted by molar-refractivity contribution is 9.10. The van der Waals surface area contributed by atoms with Crippen LogP contribution >= 0.6 is 27.5 Å². The van der Waals surface area contributed by atoms with Crippen LogP contribution in [0.4, 0.5) is 5.69 Å². The minimum atomic E-state index is -0.513. The first-order valence-corrected chi connectivity index (χ1v) is 11.7. The maximum absolute atomic E-state index is 12.7. The zero-order valence-corrected chi connectivity index (χ0v) is 20.7. The van der Waals surface area contributed by atoms with E-state index in [1.54, 1.807) is 30.3 Å². The van der Waals surface area contributed by atoms with Crippen LogP contribution in [0, 0.1) is 18.3 Å². The van der Waals surface area contributed by atoms with Crippen molar-refractivity contribution >= 4 is 56.0 Å². The number of carbonyl (C=O) groups is 1. The van der Waals surface area contributed by atoms with Crippen molar-refractivity contribution in [3.63, 3.8) is 0 Å². The van der Waals surface area contributed by atoms with E-state index in [4.69, 9.17) is 16.3 Å². The van der Waals surface area contributed by atoms with Crippen LogP contribution in [0.15, 0.2) is 88.9 Å². The van der Waals surface area contributed by atoms with E-state index in [0.717, 1.165) is 26.4 Å². The van der Waals surface area contributed by atoms with E-state index < -0.39 is 5.91 Å². The Hall–Kier alpha value is -3.59. The van der Waals surface area contributed by atoms with Crippen molar-refractivity contribution in [3.05, 3.63) is 111 Å². The second-order valence-corrected chi connectivity index (χ2v) is 9.04. The standard InChI is InChI=1S/C28H20BrClN2O2/c1-18-6-7-19-4-2-3-5-25(19)26(18)17-34-27-13-10-23(30)15-20(27)14-21(16-31)28(33)32-24-11-8-22(29)9-12-24/h2-15H,17H2,1H3,(H,32,33)/b21-14+. The molecule has 4 aromatic rings. The molecule has 0 aromatic heterocycles. The average molecular weight is 532 g/mol. The van der Waals surface area contributed by atoms with Crippen LogP contribution in [0.5, 0.6) is 5.75 Å². The van der Waals surface area contributed by atoms with Crippen LogP contribution in [0.25, 0.3) is 16.8 Å². The van der Waals surface area contributed by atoms with Gasteiger partial charge in [0.1, 0.15) is 24.0 Å². The Labute approximate surface area is 211 Å². The lowest BCUT2D eigenvalue weighted by Gasteiger charge is -2.14. The fraction of sp³-hybridized carbons (Fsp3) is 0.0714. The number of hydrogen-bond acceptors (Lipinski definition) is 3. The number of hydrogen-bond donors (Lipinski definition) is 1. The Kier molecular flexibility index (Phi) is 7.32. The lowest BCUT2D eigenvalue weighted by atomic mass is 10.0. The molecule has 168 valence electrons. The van der Waals surface area contributed by atoms with Gasteiger partial charge in [0.2, 0.25) is 0 Å². The van der Waals surface area contributed by atoms with Gasteiger partial charge in [0, 0.05) is 26.3 Å². The summed E-state index contributed by atoms with van der Waals surface area (Å²) in [6, 6.07) is 26.6. The van der Waals surface area contributed by atoms with E-state index in [1.807, 2.05) is 37.3 Å². The molecule has 0 aliphatic carbocycles. The number of carbonyl (C=O) groups excluding carboxylic acids is 1. The van der Waals surface area contributed by atoms with Crippen LogP contribution in [0.1, 0.15) is 16.7 Å². The molecular weight excluding hydrogens is 512 g/mol. The average Bonchev–Trinajstić information content (AvgIpc) is 2.84. The van der Waals surface area contributed by atoms with E-state index in [9.17, 15) is 10.1 Å². The number of halogens is 2. The first-order valence-electron chi connectivity index (χ1n) is 10.5. The van der Waals surface area contributed by atoms with Crippen molar-refractivity contribution in [2.45, 2.75) is 13.5 Å². The summed E-state index contributed by atoms with van der Waals surface area (Å²) in [5.41, 5.74) is 3.28. The predicted octanol–water partition coefficient (Wildman–Crippen LogP) is 7.69. The number of ether oxygens (including phenoxy) is 1. The number of nitriles is 1. The Morgan fingerprint density at radius 3 is 2.62 bits per heavy atom. The molecule has 0 aliphatic rings. The maximum atomic E-state index is 12.7.